The molecule has 0 bridgehead atoms. The third-order valence-electron chi connectivity index (χ3n) is 4.25. The number of morpholine rings is 1. The second-order valence-corrected chi connectivity index (χ2v) is 6.87. The summed E-state index contributed by atoms with van der Waals surface area (Å²) in [6, 6.07) is 7.85. The minimum atomic E-state index is -1.05. The molecule has 0 aliphatic carbocycles. The topological polar surface area (TPSA) is 95.2 Å². The lowest BCUT2D eigenvalue weighted by Crippen LogP contribution is -2.36. The third kappa shape index (κ3) is 3.26. The Labute approximate surface area is 153 Å². The number of rotatable bonds is 4. The van der Waals surface area contributed by atoms with E-state index >= 15 is 0 Å². The van der Waals surface area contributed by atoms with Gasteiger partial charge >= 0.3 is 0 Å². The molecular formula is C18H18N2O5S. The monoisotopic (exact) mass is 374 g/mol. The number of nitrogens with zero attached hydrogens (tertiary/aromatic N) is 1. The lowest BCUT2D eigenvalue weighted by Gasteiger charge is -2.27. The van der Waals surface area contributed by atoms with Crippen molar-refractivity contribution in [1.82, 2.24) is 0 Å². The number of hydrogen-bond acceptors (Lipinski definition) is 8. The number of hydrogen-bond donors (Lipinski definition) is 3. The number of aliphatic hydroxyl groups excluding tert-OH is 1. The fraction of sp³-hybridized carbons (Fsp3) is 0.278. The van der Waals surface area contributed by atoms with E-state index in [9.17, 15) is 15.0 Å². The van der Waals surface area contributed by atoms with E-state index in [2.05, 4.69) is 5.32 Å². The molecule has 1 fully saturated rings. The molecule has 1 unspecified atom stereocenters. The molecule has 0 radical (unpaired) electrons. The molecule has 4 rings (SSSR count). The third-order valence-corrected chi connectivity index (χ3v) is 5.24. The van der Waals surface area contributed by atoms with Gasteiger partial charge in [-0.15, -0.1) is 11.3 Å². The van der Waals surface area contributed by atoms with Crippen molar-refractivity contribution in [2.75, 3.05) is 36.5 Å². The van der Waals surface area contributed by atoms with Crippen molar-refractivity contribution in [3.63, 3.8) is 0 Å². The molecule has 0 spiro atoms. The van der Waals surface area contributed by atoms with Crippen molar-refractivity contribution < 1.29 is 19.4 Å². The van der Waals surface area contributed by atoms with Crippen molar-refractivity contribution in [2.45, 2.75) is 6.23 Å². The lowest BCUT2D eigenvalue weighted by molar-refractivity contribution is 0.120. The fourth-order valence-electron chi connectivity index (χ4n) is 2.87. The molecule has 8 heteroatoms. The molecule has 1 aliphatic rings. The Morgan fingerprint density at radius 2 is 1.92 bits per heavy atom. The minimum absolute atomic E-state index is 0.124. The number of nitrogens with one attached hydrogen (secondary N) is 1. The van der Waals surface area contributed by atoms with Crippen molar-refractivity contribution in [2.24, 2.45) is 0 Å². The summed E-state index contributed by atoms with van der Waals surface area (Å²) in [5, 5.41) is 24.6. The summed E-state index contributed by atoms with van der Waals surface area (Å²) >= 11 is 1.25. The van der Waals surface area contributed by atoms with E-state index in [1.165, 1.54) is 29.5 Å². The molecule has 0 saturated carbocycles. The Hall–Kier alpha value is -2.55. The van der Waals surface area contributed by atoms with Gasteiger partial charge < -0.3 is 29.6 Å². The Bertz CT molecular complexity index is 960. The Morgan fingerprint density at radius 1 is 1.19 bits per heavy atom. The summed E-state index contributed by atoms with van der Waals surface area (Å²) in [7, 11) is 0. The average Bonchev–Trinajstić information content (AvgIpc) is 3.09. The molecule has 26 heavy (non-hydrogen) atoms. The quantitative estimate of drug-likeness (QED) is 0.477. The van der Waals surface area contributed by atoms with Gasteiger partial charge in [0.1, 0.15) is 10.4 Å². The average molecular weight is 374 g/mol. The number of aromatic hydroxyl groups is 1. The maximum Gasteiger partial charge on any atom is 0.204 e. The second kappa shape index (κ2) is 6.99. The standard InChI is InChI=1S/C18H18N2O5S/c21-12-3-1-11(2-4-12)19-18(23)13-10-26-17-14(22)9-15(25-16(13)17)20-5-7-24-8-6-20/h1-4,9-10,18-19,21,23H,5-8H2. The molecule has 3 heterocycles. The number of thiophene rings is 1. The lowest BCUT2D eigenvalue weighted by atomic mass is 10.2. The first-order chi connectivity index (χ1) is 12.6. The number of aliphatic hydroxyl groups is 1. The molecule has 1 saturated heterocycles. The number of anilines is 2. The van der Waals surface area contributed by atoms with E-state index in [-0.39, 0.29) is 11.2 Å². The van der Waals surface area contributed by atoms with E-state index in [4.69, 9.17) is 9.15 Å². The van der Waals surface area contributed by atoms with Crippen LogP contribution < -0.4 is 15.6 Å². The van der Waals surface area contributed by atoms with Crippen molar-refractivity contribution in [1.29, 1.82) is 0 Å². The number of fused-ring (bicyclic) bond motifs is 1. The van der Waals surface area contributed by atoms with Crippen LogP contribution in [0.5, 0.6) is 5.75 Å². The van der Waals surface area contributed by atoms with Crippen LogP contribution in [0.25, 0.3) is 10.3 Å². The Morgan fingerprint density at radius 3 is 2.65 bits per heavy atom. The van der Waals surface area contributed by atoms with Gasteiger partial charge in [0.25, 0.3) is 0 Å². The van der Waals surface area contributed by atoms with Gasteiger partial charge in [-0.1, -0.05) is 0 Å². The molecule has 2 aromatic heterocycles. The van der Waals surface area contributed by atoms with Crippen LogP contribution in [-0.4, -0.2) is 36.5 Å². The highest BCUT2D eigenvalue weighted by molar-refractivity contribution is 7.17. The van der Waals surface area contributed by atoms with E-state index in [1.807, 2.05) is 4.90 Å². The summed E-state index contributed by atoms with van der Waals surface area (Å²) in [5.74, 6) is 0.634. The highest BCUT2D eigenvalue weighted by atomic mass is 32.1. The summed E-state index contributed by atoms with van der Waals surface area (Å²) < 4.78 is 11.8. The van der Waals surface area contributed by atoms with Crippen LogP contribution in [0.15, 0.2) is 44.9 Å². The van der Waals surface area contributed by atoms with Gasteiger partial charge in [0, 0.05) is 30.2 Å². The zero-order valence-electron chi connectivity index (χ0n) is 13.8. The van der Waals surface area contributed by atoms with Crippen LogP contribution in [-0.2, 0) is 4.74 Å². The predicted molar refractivity (Wildman–Crippen MR) is 100 cm³/mol. The smallest absolute Gasteiger partial charge is 0.204 e. The Balaban J connectivity index is 1.67. The van der Waals surface area contributed by atoms with Gasteiger partial charge in [-0.25, -0.2) is 0 Å². The zero-order chi connectivity index (χ0) is 18.1. The first-order valence-corrected chi connectivity index (χ1v) is 9.11. The summed E-state index contributed by atoms with van der Waals surface area (Å²) in [4.78, 5) is 14.4. The van der Waals surface area contributed by atoms with Gasteiger partial charge in [0.2, 0.25) is 5.43 Å². The van der Waals surface area contributed by atoms with Gasteiger partial charge in [-0.2, -0.15) is 0 Å². The maximum atomic E-state index is 12.4. The van der Waals surface area contributed by atoms with E-state index in [0.29, 0.717) is 53.7 Å². The van der Waals surface area contributed by atoms with E-state index in [0.717, 1.165) is 0 Å². The molecule has 3 aromatic rings. The summed E-state index contributed by atoms with van der Waals surface area (Å²) in [6.45, 7) is 2.48. The number of benzene rings is 1. The maximum absolute atomic E-state index is 12.4. The molecule has 1 atom stereocenters. The van der Waals surface area contributed by atoms with Crippen LogP contribution in [0.2, 0.25) is 0 Å². The molecule has 136 valence electrons. The fourth-order valence-corrected chi connectivity index (χ4v) is 3.79. The molecule has 1 aliphatic heterocycles. The highest BCUT2D eigenvalue weighted by Gasteiger charge is 2.21. The first-order valence-electron chi connectivity index (χ1n) is 8.23. The first kappa shape index (κ1) is 16.9. The van der Waals surface area contributed by atoms with Crippen molar-refractivity contribution in [3.8, 4) is 5.75 Å². The SMILES string of the molecule is O=c1cc(N2CCOCC2)oc2c(C(O)Nc3ccc(O)cc3)csc12. The molecule has 1 aromatic carbocycles. The minimum Gasteiger partial charge on any atom is -0.508 e. The number of ether oxygens (including phenoxy) is 1. The molecular weight excluding hydrogens is 356 g/mol. The largest absolute Gasteiger partial charge is 0.508 e. The van der Waals surface area contributed by atoms with Crippen LogP contribution in [0.4, 0.5) is 11.6 Å². The second-order valence-electron chi connectivity index (χ2n) is 5.99. The predicted octanol–water partition coefficient (Wildman–Crippen LogP) is 2.50. The Kier molecular flexibility index (Phi) is 4.54. The van der Waals surface area contributed by atoms with Gasteiger partial charge in [0.15, 0.2) is 17.7 Å². The van der Waals surface area contributed by atoms with Crippen LogP contribution in [0.1, 0.15) is 11.8 Å². The van der Waals surface area contributed by atoms with Gasteiger partial charge in [-0.05, 0) is 24.3 Å². The van der Waals surface area contributed by atoms with Crippen molar-refractivity contribution in [3.05, 3.63) is 51.5 Å². The number of phenolic OH excluding ortho intramolecular Hbond substituents is 1. The highest BCUT2D eigenvalue weighted by Crippen LogP contribution is 2.32. The van der Waals surface area contributed by atoms with E-state index in [1.54, 1.807) is 17.5 Å². The van der Waals surface area contributed by atoms with Crippen LogP contribution in [0.3, 0.4) is 0 Å². The number of phenols is 1. The normalized spacial score (nSPS) is 16.0. The van der Waals surface area contributed by atoms with Crippen LogP contribution >= 0.6 is 11.3 Å². The van der Waals surface area contributed by atoms with Gasteiger partial charge in [-0.3, -0.25) is 4.79 Å². The zero-order valence-corrected chi connectivity index (χ0v) is 14.7. The molecule has 0 amide bonds. The van der Waals surface area contributed by atoms with E-state index < -0.39 is 6.23 Å². The molecule has 7 nitrogen and oxygen atoms in total. The summed E-state index contributed by atoms with van der Waals surface area (Å²) in [6.07, 6.45) is -1.05. The van der Waals surface area contributed by atoms with Crippen LogP contribution in [0, 0.1) is 0 Å². The summed E-state index contributed by atoms with van der Waals surface area (Å²) in [5.41, 5.74) is 1.41. The molecule has 3 N–H and O–H groups in total. The van der Waals surface area contributed by atoms with Crippen molar-refractivity contribution >= 4 is 33.2 Å². The van der Waals surface area contributed by atoms with Gasteiger partial charge in [0.05, 0.1) is 18.8 Å².